The molecule has 0 aliphatic carbocycles. The molecule has 14 heteroatoms. The Morgan fingerprint density at radius 2 is 2.12 bits per heavy atom. The minimum Gasteiger partial charge on any atom is -0.474 e. The van der Waals surface area contributed by atoms with Crippen molar-refractivity contribution < 1.29 is 32.2 Å². The van der Waals surface area contributed by atoms with Crippen LogP contribution in [0, 0.1) is 0 Å². The number of benzene rings is 1. The zero-order chi connectivity index (χ0) is 28.1. The van der Waals surface area contributed by atoms with Gasteiger partial charge in [-0.3, -0.25) is 9.79 Å². The van der Waals surface area contributed by atoms with E-state index in [2.05, 4.69) is 30.8 Å². The highest BCUT2D eigenvalue weighted by Crippen LogP contribution is 2.35. The summed E-state index contributed by atoms with van der Waals surface area (Å²) in [4.78, 5) is 29.0. The third kappa shape index (κ3) is 5.04. The molecule has 2 aromatic rings. The summed E-state index contributed by atoms with van der Waals surface area (Å²) in [5, 5.41) is 8.79. The third-order valence-electron chi connectivity index (χ3n) is 7.11. The fraction of sp³-hybridized carbons (Fsp3) is 0.462. The molecule has 0 saturated carbocycles. The monoisotopic (exact) mass is 559 g/mol. The van der Waals surface area contributed by atoms with Gasteiger partial charge in [-0.25, -0.2) is 9.97 Å². The minimum atomic E-state index is -4.59. The molecule has 1 aromatic carbocycles. The lowest BCUT2D eigenvalue weighted by Crippen LogP contribution is -2.65. The number of amides is 1. The van der Waals surface area contributed by atoms with Gasteiger partial charge in [0.1, 0.15) is 18.5 Å². The van der Waals surface area contributed by atoms with Crippen LogP contribution in [0.4, 0.5) is 19.0 Å². The van der Waals surface area contributed by atoms with Crippen molar-refractivity contribution in [3.05, 3.63) is 59.7 Å². The molecule has 212 valence electrons. The van der Waals surface area contributed by atoms with Crippen LogP contribution in [0.3, 0.4) is 0 Å². The van der Waals surface area contributed by atoms with E-state index in [1.165, 1.54) is 24.5 Å². The molecule has 2 fully saturated rings. The molecule has 4 aliphatic rings. The Labute approximate surface area is 227 Å². The number of aromatic nitrogens is 2. The third-order valence-corrected chi connectivity index (χ3v) is 7.11. The molecule has 0 spiro atoms. The molecular weight excluding hydrogens is 531 g/mol. The number of hydrogen-bond donors (Lipinski definition) is 3. The fourth-order valence-corrected chi connectivity index (χ4v) is 5.14. The van der Waals surface area contributed by atoms with Crippen molar-refractivity contribution in [3.8, 4) is 5.88 Å². The van der Waals surface area contributed by atoms with E-state index in [-0.39, 0.29) is 36.0 Å². The topological polar surface area (TPSA) is 122 Å². The van der Waals surface area contributed by atoms with Crippen molar-refractivity contribution >= 4 is 17.6 Å². The highest BCUT2D eigenvalue weighted by Gasteiger charge is 2.47. The Kier molecular flexibility index (Phi) is 6.33. The Morgan fingerprint density at radius 3 is 2.85 bits per heavy atom. The molecule has 0 radical (unpaired) electrons. The first-order valence-electron chi connectivity index (χ1n) is 12.9. The number of rotatable bonds is 6. The normalized spacial score (nSPS) is 26.7. The fourth-order valence-electron chi connectivity index (χ4n) is 5.14. The van der Waals surface area contributed by atoms with E-state index >= 15 is 0 Å². The number of aliphatic imine (C=N–C) groups is 1. The van der Waals surface area contributed by atoms with E-state index in [1.54, 1.807) is 6.20 Å². The summed E-state index contributed by atoms with van der Waals surface area (Å²) in [7, 11) is 0. The number of halogens is 3. The van der Waals surface area contributed by atoms with Gasteiger partial charge in [-0.15, -0.1) is 0 Å². The predicted molar refractivity (Wildman–Crippen MR) is 136 cm³/mol. The van der Waals surface area contributed by atoms with Crippen LogP contribution in [0.25, 0.3) is 0 Å². The number of fused-ring (bicyclic) bond motifs is 4. The number of nitrogens with one attached hydrogen (secondary N) is 3. The molecule has 3 atom stereocenters. The van der Waals surface area contributed by atoms with Gasteiger partial charge in [-0.1, -0.05) is 12.1 Å². The van der Waals surface area contributed by atoms with Gasteiger partial charge in [-0.2, -0.15) is 13.2 Å². The molecule has 40 heavy (non-hydrogen) atoms. The summed E-state index contributed by atoms with van der Waals surface area (Å²) >= 11 is 0. The van der Waals surface area contributed by atoms with Crippen LogP contribution in [0.2, 0.25) is 0 Å². The van der Waals surface area contributed by atoms with E-state index in [0.29, 0.717) is 12.4 Å². The van der Waals surface area contributed by atoms with Crippen LogP contribution in [0.1, 0.15) is 31.4 Å². The van der Waals surface area contributed by atoms with Crippen molar-refractivity contribution in [2.45, 2.75) is 50.0 Å². The lowest BCUT2D eigenvalue weighted by molar-refractivity contribution is -0.141. The maximum atomic E-state index is 13.8. The lowest BCUT2D eigenvalue weighted by atomic mass is 9.94. The molecule has 4 aliphatic heterocycles. The van der Waals surface area contributed by atoms with Crippen molar-refractivity contribution in [2.24, 2.45) is 4.99 Å². The van der Waals surface area contributed by atoms with Gasteiger partial charge in [0.05, 0.1) is 36.3 Å². The molecule has 1 amide bonds. The van der Waals surface area contributed by atoms with E-state index in [1.807, 2.05) is 13.8 Å². The van der Waals surface area contributed by atoms with Crippen molar-refractivity contribution in [2.75, 3.05) is 31.6 Å². The largest absolute Gasteiger partial charge is 0.474 e. The molecule has 2 bridgehead atoms. The van der Waals surface area contributed by atoms with E-state index in [9.17, 15) is 18.0 Å². The molecule has 11 nitrogen and oxygen atoms in total. The summed E-state index contributed by atoms with van der Waals surface area (Å²) in [5.74, 6) is -0.643. The number of carbonyl (C=O) groups is 1. The number of ether oxygens (including phenoxy) is 3. The van der Waals surface area contributed by atoms with Crippen molar-refractivity contribution in [1.29, 1.82) is 0 Å². The van der Waals surface area contributed by atoms with E-state index in [4.69, 9.17) is 19.2 Å². The Morgan fingerprint density at radius 1 is 1.27 bits per heavy atom. The second-order valence-corrected chi connectivity index (χ2v) is 10.4. The Balaban J connectivity index is 1.24. The summed E-state index contributed by atoms with van der Waals surface area (Å²) in [6.07, 6.45) is 0.255. The number of nitrogens with zero attached hydrogens (tertiary/aromatic N) is 4. The van der Waals surface area contributed by atoms with Crippen LogP contribution in [-0.4, -0.2) is 70.8 Å². The number of carbonyl (C=O) groups excluding carboxylic acids is 1. The standard InChI is InChI=1S/C26H28F3N7O4/c1-24(2)39-14-18(40-24)13-38-21-11-30-20(10-31-21)34-23(37)25(15-4-3-5-16(8-15)26(27,28)29)32-9-19-22(35-25)33-17-6-7-36(19)12-17/h3-5,8-11,17-18,32H,6-7,12-14H2,1-2H3,(H,33,35)(H,30,34,37)/t17-,18+,25?/m0/s1. The van der Waals surface area contributed by atoms with Gasteiger partial charge in [0.2, 0.25) is 11.5 Å². The van der Waals surface area contributed by atoms with E-state index in [0.717, 1.165) is 37.3 Å². The average Bonchev–Trinajstić information content (AvgIpc) is 3.49. The first-order chi connectivity index (χ1) is 19.0. The summed E-state index contributed by atoms with van der Waals surface area (Å²) in [5.41, 5.74) is -1.87. The zero-order valence-corrected chi connectivity index (χ0v) is 21.8. The second kappa shape index (κ2) is 9.63. The van der Waals surface area contributed by atoms with Crippen LogP contribution < -0.4 is 20.7 Å². The summed E-state index contributed by atoms with van der Waals surface area (Å²) < 4.78 is 57.6. The molecule has 2 saturated heterocycles. The first-order valence-corrected chi connectivity index (χ1v) is 12.9. The first kappa shape index (κ1) is 26.3. The van der Waals surface area contributed by atoms with Crippen LogP contribution in [-0.2, 0) is 26.1 Å². The maximum Gasteiger partial charge on any atom is 0.416 e. The van der Waals surface area contributed by atoms with Gasteiger partial charge >= 0.3 is 6.18 Å². The average molecular weight is 560 g/mol. The summed E-state index contributed by atoms with van der Waals surface area (Å²) in [6, 6.07) is 4.65. The molecule has 3 N–H and O–H groups in total. The van der Waals surface area contributed by atoms with Gasteiger partial charge in [0.15, 0.2) is 11.6 Å². The zero-order valence-electron chi connectivity index (χ0n) is 21.8. The predicted octanol–water partition coefficient (Wildman–Crippen LogP) is 2.34. The number of anilines is 1. The smallest absolute Gasteiger partial charge is 0.416 e. The van der Waals surface area contributed by atoms with Gasteiger partial charge in [0, 0.05) is 24.9 Å². The van der Waals surface area contributed by atoms with Crippen LogP contribution in [0.5, 0.6) is 5.88 Å². The van der Waals surface area contributed by atoms with Crippen LogP contribution in [0.15, 0.2) is 53.5 Å². The molecule has 5 heterocycles. The second-order valence-electron chi connectivity index (χ2n) is 10.4. The molecular formula is C26H28F3N7O4. The molecule has 1 unspecified atom stereocenters. The summed E-state index contributed by atoms with van der Waals surface area (Å²) in [6.45, 7) is 5.76. The Bertz CT molecular complexity index is 1360. The Hall–Kier alpha value is -3.91. The van der Waals surface area contributed by atoms with Gasteiger partial charge < -0.3 is 35.1 Å². The molecule has 1 aromatic heterocycles. The quantitative estimate of drug-likeness (QED) is 0.490. The minimum absolute atomic E-state index is 0.0469. The van der Waals surface area contributed by atoms with Gasteiger partial charge in [-0.05, 0) is 32.4 Å². The SMILES string of the molecule is CC1(C)OC[C@@H](COc2cnc(NC(=O)C3(c4cccc(C(F)(F)F)c4)NC=C4C(=N[C@H]5CCN4C5)N3)cn2)O1. The van der Waals surface area contributed by atoms with Crippen LogP contribution >= 0.6 is 0 Å². The highest BCUT2D eigenvalue weighted by atomic mass is 19.4. The number of amidine groups is 1. The maximum absolute atomic E-state index is 13.8. The lowest BCUT2D eigenvalue weighted by Gasteiger charge is -2.42. The molecule has 6 rings (SSSR count). The van der Waals surface area contributed by atoms with Crippen molar-refractivity contribution in [1.82, 2.24) is 25.5 Å². The van der Waals surface area contributed by atoms with E-state index < -0.39 is 29.1 Å². The van der Waals surface area contributed by atoms with Crippen molar-refractivity contribution in [3.63, 3.8) is 0 Å². The van der Waals surface area contributed by atoms with Gasteiger partial charge in [0.25, 0.3) is 5.91 Å². The number of alkyl halides is 3. The highest BCUT2D eigenvalue weighted by molar-refractivity contribution is 6.07. The number of hydrogen-bond acceptors (Lipinski definition) is 10.